The van der Waals surface area contributed by atoms with Crippen LogP contribution in [0.15, 0.2) is 250 Å². The number of hydrogen-bond acceptors (Lipinski definition) is 21. The van der Waals surface area contributed by atoms with Crippen molar-refractivity contribution in [1.29, 1.82) is 0 Å². The predicted molar refractivity (Wildman–Crippen MR) is 529 cm³/mol. The number of halogens is 2. The lowest BCUT2D eigenvalue weighted by Crippen LogP contribution is -2.47. The van der Waals surface area contributed by atoms with Gasteiger partial charge in [0.1, 0.15) is 40.6 Å². The normalized spacial score (nSPS) is 12.4. The Kier molecular flexibility index (Phi) is 37.3. The van der Waals surface area contributed by atoms with Crippen molar-refractivity contribution < 1.29 is 71.9 Å². The van der Waals surface area contributed by atoms with Gasteiger partial charge in [-0.2, -0.15) is 25.5 Å². The molecular weight excluding hydrogens is 1840 g/mol. The van der Waals surface area contributed by atoms with Crippen LogP contribution in [0.5, 0.6) is 0 Å². The molecule has 6 heterocycles. The number of hydrogen-bond donors (Lipinski definition) is 10. The summed E-state index contributed by atoms with van der Waals surface area (Å²) in [5.74, 6) is -12.0. The Balaban J connectivity index is 0.000000182. The number of ketones is 5. The molecule has 1 aliphatic carbocycles. The van der Waals surface area contributed by atoms with Crippen molar-refractivity contribution in [3.05, 3.63) is 310 Å². The number of carbonyl (C=O) groups excluding carboxylic acids is 15. The first kappa shape index (κ1) is 106. The number of primary amides is 5. The number of benzene rings is 7. The molecule has 730 valence electrons. The Hall–Kier alpha value is -16.6. The van der Waals surface area contributed by atoms with E-state index in [2.05, 4.69) is 57.1 Å². The van der Waals surface area contributed by atoms with Gasteiger partial charge >= 0.3 is 0 Å². The van der Waals surface area contributed by atoms with Gasteiger partial charge in [-0.1, -0.05) is 240 Å². The highest BCUT2D eigenvalue weighted by molar-refractivity contribution is 6.40. The van der Waals surface area contributed by atoms with Gasteiger partial charge in [0.25, 0.3) is 59.1 Å². The van der Waals surface area contributed by atoms with Crippen molar-refractivity contribution in [1.82, 2.24) is 80.5 Å². The van der Waals surface area contributed by atoms with Crippen molar-refractivity contribution in [2.75, 3.05) is 0 Å². The molecule has 36 nitrogen and oxygen atoms in total. The van der Waals surface area contributed by atoms with E-state index in [-0.39, 0.29) is 42.2 Å². The standard InChI is InChI=1S/C23H23N5O3.C22H22N4O3.C21H18Cl2N4O3.C19H24N4O3.C18H22N4O3/c1-14-7-8-16(12-25-14)20-18(13-28(27-20)17-9-10-17)23(31)26-19(21(29)22(24)30)11-15-5-3-2-4-6-15;1-26-14-17(19(25-26)16-10-6-3-7-11-16)22(29)24-18(20(27)21(23)28)13-12-15-8-4-2-5-9-15;1-27-11-16(18(26-27)13-5-3-2-4-6-13)21(30)25-17(19(28)20(24)29)9-12-7-14(22)10-15(23)8-12;1-19(2,3)10-14(16(24)17(20)25)21-18(26)13-11-23(4)22-15(13)12-8-6-5-7-9-12;1-11(2)9-14(16(23)17(19)24)20-18(25)13-10-22(3)21-15(13)12-7-5-4-6-8-12/h2-8,12-13,17,19H,9-11H2,1H3,(H2,24,30)(H,26,31);2-11,14,18H,12-13H2,1H3,(H2,23,28)(H,24,29);2-8,10-11,17H,9H2,1H3,(H2,24,29)(H,25,30);5-9,11,14H,10H2,1-4H3,(H2,20,25)(H,21,26);4-8,10-11,14H,9H2,1-3H3,(H2,19,24)(H,20,25). The van der Waals surface area contributed by atoms with E-state index < -0.39 is 118 Å². The molecule has 7 aromatic carbocycles. The van der Waals surface area contributed by atoms with Crippen molar-refractivity contribution in [2.45, 2.75) is 129 Å². The lowest BCUT2D eigenvalue weighted by atomic mass is 9.86. The number of rotatable bonds is 36. The van der Waals surface area contributed by atoms with Crippen molar-refractivity contribution in [2.24, 2.45) is 68.2 Å². The molecule has 10 amide bonds. The van der Waals surface area contributed by atoms with E-state index in [0.717, 1.165) is 51.9 Å². The van der Waals surface area contributed by atoms with Gasteiger partial charge in [-0.05, 0) is 104 Å². The van der Waals surface area contributed by atoms with Crippen LogP contribution < -0.4 is 55.3 Å². The number of Topliss-reactive ketones (excluding diaryl/α,β-unsaturated/α-hetero) is 5. The summed E-state index contributed by atoms with van der Waals surface area (Å²) in [6.45, 7) is 11.4. The Morgan fingerprint density at radius 3 is 0.993 bits per heavy atom. The molecule has 14 rings (SSSR count). The van der Waals surface area contributed by atoms with Crippen molar-refractivity contribution in [3.8, 4) is 56.3 Å². The van der Waals surface area contributed by atoms with E-state index in [1.54, 1.807) is 82.2 Å². The molecule has 15 N–H and O–H groups in total. The molecule has 0 bridgehead atoms. The van der Waals surface area contributed by atoms with E-state index in [4.69, 9.17) is 51.9 Å². The van der Waals surface area contributed by atoms with Gasteiger partial charge in [0, 0.05) is 122 Å². The third-order valence-corrected chi connectivity index (χ3v) is 22.1. The number of aryl methyl sites for hydroxylation is 6. The van der Waals surface area contributed by atoms with Gasteiger partial charge in [0.05, 0.1) is 52.0 Å². The first-order valence-corrected chi connectivity index (χ1v) is 45.4. The lowest BCUT2D eigenvalue weighted by molar-refractivity contribution is -0.137. The molecule has 0 saturated heterocycles. The van der Waals surface area contributed by atoms with Crippen molar-refractivity contribution >= 4 is 111 Å². The molecule has 1 aliphatic rings. The van der Waals surface area contributed by atoms with E-state index in [1.807, 2.05) is 236 Å². The van der Waals surface area contributed by atoms with Crippen LogP contribution in [0.4, 0.5) is 0 Å². The summed E-state index contributed by atoms with van der Waals surface area (Å²) in [6.07, 6.45) is 13.2. The summed E-state index contributed by atoms with van der Waals surface area (Å²) < 4.78 is 7.88. The molecule has 5 unspecified atom stereocenters. The fraction of sp³-hybridized carbons (Fsp3) is 0.252. The van der Waals surface area contributed by atoms with E-state index in [1.165, 1.54) is 24.8 Å². The third-order valence-electron chi connectivity index (χ3n) is 21.6. The van der Waals surface area contributed by atoms with E-state index in [0.29, 0.717) is 91.2 Å². The Morgan fingerprint density at radius 1 is 0.362 bits per heavy atom. The summed E-state index contributed by atoms with van der Waals surface area (Å²) in [5, 5.41) is 36.0. The fourth-order valence-electron chi connectivity index (χ4n) is 14.8. The molecule has 6 aromatic heterocycles. The van der Waals surface area contributed by atoms with Crippen LogP contribution in [0.25, 0.3) is 56.3 Å². The topological polar surface area (TPSA) is 548 Å². The van der Waals surface area contributed by atoms with Crippen LogP contribution in [-0.4, -0.2) is 172 Å². The number of pyridine rings is 1. The van der Waals surface area contributed by atoms with Gasteiger partial charge in [-0.3, -0.25) is 100 Å². The number of nitrogens with two attached hydrogens (primary N) is 5. The zero-order valence-corrected chi connectivity index (χ0v) is 80.6. The largest absolute Gasteiger partial charge is 0.363 e. The summed E-state index contributed by atoms with van der Waals surface area (Å²) in [4.78, 5) is 187. The Labute approximate surface area is 822 Å². The molecule has 5 atom stereocenters. The highest BCUT2D eigenvalue weighted by Crippen LogP contribution is 2.37. The summed E-state index contributed by atoms with van der Waals surface area (Å²) in [5.41, 5.74) is 36.6. The van der Waals surface area contributed by atoms with Gasteiger partial charge in [0.2, 0.25) is 28.9 Å². The molecule has 0 radical (unpaired) electrons. The average Bonchev–Trinajstić information content (AvgIpc) is 1.63. The molecule has 38 heteroatoms. The van der Waals surface area contributed by atoms with Crippen LogP contribution >= 0.6 is 23.2 Å². The maximum absolute atomic E-state index is 13.2. The molecule has 1 fully saturated rings. The molecule has 1 saturated carbocycles. The smallest absolute Gasteiger partial charge is 0.287 e. The second kappa shape index (κ2) is 49.4. The zero-order valence-electron chi connectivity index (χ0n) is 79.1. The molecular formula is C103H109Cl2N21O15. The summed E-state index contributed by atoms with van der Waals surface area (Å²) >= 11 is 12.0. The highest BCUT2D eigenvalue weighted by atomic mass is 35.5. The monoisotopic (exact) mass is 1950 g/mol. The van der Waals surface area contributed by atoms with Gasteiger partial charge < -0.3 is 55.3 Å². The maximum Gasteiger partial charge on any atom is 0.287 e. The Bertz CT molecular complexity index is 6680. The van der Waals surface area contributed by atoms with Gasteiger partial charge in [-0.15, -0.1) is 0 Å². The minimum Gasteiger partial charge on any atom is -0.363 e. The Morgan fingerprint density at radius 2 is 0.660 bits per heavy atom. The number of nitrogens with zero attached hydrogens (tertiary/aromatic N) is 11. The van der Waals surface area contributed by atoms with Crippen LogP contribution in [0.3, 0.4) is 0 Å². The molecule has 0 aliphatic heterocycles. The third kappa shape index (κ3) is 30.9. The minimum atomic E-state index is -1.19. The fourth-order valence-corrected chi connectivity index (χ4v) is 15.4. The van der Waals surface area contributed by atoms with Gasteiger partial charge in [-0.25, -0.2) is 0 Å². The van der Waals surface area contributed by atoms with Crippen LogP contribution in [0.2, 0.25) is 10.0 Å². The molecule has 13 aromatic rings. The minimum absolute atomic E-state index is 0.00523. The first-order valence-electron chi connectivity index (χ1n) is 44.6. The van der Waals surface area contributed by atoms with Crippen LogP contribution in [-0.2, 0) is 95.4 Å². The molecule has 141 heavy (non-hydrogen) atoms. The van der Waals surface area contributed by atoms with Crippen LogP contribution in [0.1, 0.15) is 147 Å². The number of amides is 10. The van der Waals surface area contributed by atoms with Crippen LogP contribution in [0, 0.1) is 18.3 Å². The van der Waals surface area contributed by atoms with Crippen molar-refractivity contribution in [3.63, 3.8) is 0 Å². The van der Waals surface area contributed by atoms with E-state index in [9.17, 15) is 71.9 Å². The number of carbonyl (C=O) groups is 15. The first-order chi connectivity index (χ1) is 67.0. The number of aromatic nitrogens is 11. The summed E-state index contributed by atoms with van der Waals surface area (Å²) in [7, 11) is 6.82. The van der Waals surface area contributed by atoms with E-state index >= 15 is 0 Å². The highest BCUT2D eigenvalue weighted by Gasteiger charge is 2.36. The molecule has 0 spiro atoms. The second-order valence-corrected chi connectivity index (χ2v) is 35.8. The summed E-state index contributed by atoms with van der Waals surface area (Å²) in [6, 6.07) is 59.1. The maximum atomic E-state index is 13.2. The van der Waals surface area contributed by atoms with Gasteiger partial charge in [0.15, 0.2) is 0 Å². The number of nitrogens with one attached hydrogen (secondary N) is 5. The lowest BCUT2D eigenvalue weighted by Gasteiger charge is -2.25. The average molecular weight is 1950 g/mol. The predicted octanol–water partition coefficient (Wildman–Crippen LogP) is 9.61. The second-order valence-electron chi connectivity index (χ2n) is 34.9. The zero-order chi connectivity index (χ0) is 103. The quantitative estimate of drug-likeness (QED) is 0.0163. The SMILES string of the molecule is CC(C)CC(NC(=O)c1cn(C)nc1-c1ccccc1)C(=O)C(N)=O.Cc1ccc(-c2nn(C3CC3)cc2C(=O)NC(Cc2ccccc2)C(=O)C(N)=O)cn1.Cn1cc(C(=O)NC(CC(C)(C)C)C(=O)C(N)=O)c(-c2ccccc2)n1.Cn1cc(C(=O)NC(CCc2ccccc2)C(=O)C(N)=O)c(-c2ccccc2)n1.Cn1cc(C(=O)NC(Cc2cc(Cl)cc(Cl)c2)C(=O)C(N)=O)c(-c2ccccc2)n1.